The third-order valence-electron chi connectivity index (χ3n) is 4.77. The Morgan fingerprint density at radius 3 is 1.92 bits per heavy atom. The largest absolute Gasteiger partial charge is 0.377 e. The molecule has 0 N–H and O–H groups in total. The maximum Gasteiger partial charge on any atom is 0.182 e. The van der Waals surface area contributed by atoms with E-state index in [1.165, 1.54) is 6.42 Å². The molecule has 2 fully saturated rings. The molecule has 0 aromatic heterocycles. The molecule has 2 aromatic carbocycles. The van der Waals surface area contributed by atoms with E-state index < -0.39 is 0 Å². The summed E-state index contributed by atoms with van der Waals surface area (Å²) in [6, 6.07) is 20.8. The Morgan fingerprint density at radius 1 is 0.880 bits per heavy atom. The highest BCUT2D eigenvalue weighted by molar-refractivity contribution is 7.80. The van der Waals surface area contributed by atoms with Crippen molar-refractivity contribution in [1.29, 1.82) is 0 Å². The Morgan fingerprint density at radius 2 is 1.44 bits per heavy atom. The van der Waals surface area contributed by atoms with E-state index in [4.69, 9.17) is 17.0 Å². The van der Waals surface area contributed by atoms with Crippen LogP contribution < -0.4 is 9.80 Å². The van der Waals surface area contributed by atoms with E-state index in [2.05, 4.69) is 63.2 Å². The van der Waals surface area contributed by atoms with Gasteiger partial charge in [-0.25, -0.2) is 0 Å². The third-order valence-corrected chi connectivity index (χ3v) is 5.21. The number of hydrogen-bond donors (Lipinski definition) is 0. The zero-order valence-corrected chi connectivity index (χ0v) is 15.1. The summed E-state index contributed by atoms with van der Waals surface area (Å²) in [6.45, 7) is 3.43. The highest BCUT2D eigenvalue weighted by Crippen LogP contribution is 2.26. The van der Waals surface area contributed by atoms with Crippen LogP contribution in [0.1, 0.15) is 12.8 Å². The first-order chi connectivity index (χ1) is 12.3. The van der Waals surface area contributed by atoms with Crippen molar-refractivity contribution in [2.75, 3.05) is 36.3 Å². The highest BCUT2D eigenvalue weighted by atomic mass is 32.1. The van der Waals surface area contributed by atoms with Crippen LogP contribution in [0.3, 0.4) is 0 Å². The van der Waals surface area contributed by atoms with Crippen LogP contribution in [0.15, 0.2) is 60.7 Å². The van der Waals surface area contributed by atoms with E-state index in [9.17, 15) is 0 Å². The maximum atomic E-state index is 5.85. The number of ether oxygens (including phenoxy) is 1. The number of anilines is 2. The summed E-state index contributed by atoms with van der Waals surface area (Å²) in [5.41, 5.74) is 2.26. The predicted molar refractivity (Wildman–Crippen MR) is 106 cm³/mol. The summed E-state index contributed by atoms with van der Waals surface area (Å²) in [5.74, 6) is 0. The Hall–Kier alpha value is -1.95. The van der Waals surface area contributed by atoms with Crippen LogP contribution in [-0.2, 0) is 4.74 Å². The lowest BCUT2D eigenvalue weighted by atomic mass is 10.2. The smallest absolute Gasteiger partial charge is 0.182 e. The van der Waals surface area contributed by atoms with Crippen LogP contribution in [0.5, 0.6) is 0 Å². The van der Waals surface area contributed by atoms with E-state index in [1.807, 2.05) is 12.1 Å². The average molecular weight is 353 g/mol. The molecule has 2 heterocycles. The highest BCUT2D eigenvalue weighted by Gasteiger charge is 2.31. The van der Waals surface area contributed by atoms with Gasteiger partial charge in [-0.1, -0.05) is 36.4 Å². The molecule has 0 amide bonds. The zero-order valence-electron chi connectivity index (χ0n) is 14.3. The van der Waals surface area contributed by atoms with Crippen LogP contribution in [0, 0.1) is 0 Å². The standard InChI is InChI=1S/C20H23N3OS/c25-20-22(17-8-3-1-4-9-17)15-21(14-19-12-7-13-24-19)16-23(20)18-10-5-2-6-11-18/h1-6,8-11,19H,7,12-16H2. The molecule has 0 radical (unpaired) electrons. The molecule has 5 heteroatoms. The molecule has 2 saturated heterocycles. The lowest BCUT2D eigenvalue weighted by Gasteiger charge is -2.45. The Labute approximate surface area is 154 Å². The summed E-state index contributed by atoms with van der Waals surface area (Å²) < 4.78 is 5.85. The topological polar surface area (TPSA) is 19.0 Å². The molecule has 0 saturated carbocycles. The minimum atomic E-state index is 0.335. The third kappa shape index (κ3) is 3.68. The zero-order chi connectivity index (χ0) is 17.1. The molecule has 130 valence electrons. The summed E-state index contributed by atoms with van der Waals surface area (Å²) >= 11 is 5.84. The van der Waals surface area contributed by atoms with Crippen LogP contribution in [0.2, 0.25) is 0 Å². The average Bonchev–Trinajstić information content (AvgIpc) is 3.17. The number of rotatable bonds is 4. The molecule has 2 aliphatic rings. The summed E-state index contributed by atoms with van der Waals surface area (Å²) in [5, 5.41) is 0.848. The van der Waals surface area contributed by atoms with Gasteiger partial charge in [-0.2, -0.15) is 0 Å². The second-order valence-corrected chi connectivity index (χ2v) is 6.95. The van der Waals surface area contributed by atoms with Gasteiger partial charge >= 0.3 is 0 Å². The van der Waals surface area contributed by atoms with E-state index >= 15 is 0 Å². The molecule has 0 bridgehead atoms. The van der Waals surface area contributed by atoms with E-state index in [0.29, 0.717) is 6.10 Å². The maximum absolute atomic E-state index is 5.85. The quantitative estimate of drug-likeness (QED) is 0.778. The van der Waals surface area contributed by atoms with Crippen molar-refractivity contribution in [1.82, 2.24) is 4.90 Å². The normalized spacial score (nSPS) is 21.8. The first-order valence-corrected chi connectivity index (χ1v) is 9.25. The second-order valence-electron chi connectivity index (χ2n) is 6.58. The SMILES string of the molecule is S=C1N(c2ccccc2)CN(CC2CCCO2)CN1c1ccccc1. The first kappa shape index (κ1) is 16.5. The lowest BCUT2D eigenvalue weighted by molar-refractivity contribution is 0.0735. The van der Waals surface area contributed by atoms with Crippen molar-refractivity contribution >= 4 is 28.7 Å². The van der Waals surface area contributed by atoms with Crippen molar-refractivity contribution in [3.05, 3.63) is 60.7 Å². The van der Waals surface area contributed by atoms with E-state index in [1.54, 1.807) is 0 Å². The number of para-hydroxylation sites is 2. The summed E-state index contributed by atoms with van der Waals surface area (Å²) in [6.07, 6.45) is 2.65. The van der Waals surface area contributed by atoms with Crippen LogP contribution in [0.25, 0.3) is 0 Å². The molecule has 0 spiro atoms. The van der Waals surface area contributed by atoms with Crippen molar-refractivity contribution in [3.8, 4) is 0 Å². The number of nitrogens with zero attached hydrogens (tertiary/aromatic N) is 3. The molecule has 0 aliphatic carbocycles. The minimum absolute atomic E-state index is 0.335. The summed E-state index contributed by atoms with van der Waals surface area (Å²) in [7, 11) is 0. The van der Waals surface area contributed by atoms with E-state index in [-0.39, 0.29) is 0 Å². The number of benzene rings is 2. The number of thiocarbonyl (C=S) groups is 1. The van der Waals surface area contributed by atoms with Gasteiger partial charge in [0.15, 0.2) is 5.11 Å². The van der Waals surface area contributed by atoms with Gasteiger partial charge in [0.25, 0.3) is 0 Å². The molecule has 25 heavy (non-hydrogen) atoms. The number of hydrogen-bond acceptors (Lipinski definition) is 3. The van der Waals surface area contributed by atoms with Gasteiger partial charge in [0.1, 0.15) is 0 Å². The van der Waals surface area contributed by atoms with Gasteiger partial charge in [-0.05, 0) is 49.3 Å². The van der Waals surface area contributed by atoms with Crippen molar-refractivity contribution in [3.63, 3.8) is 0 Å². The molecular weight excluding hydrogens is 330 g/mol. The summed E-state index contributed by atoms with van der Waals surface area (Å²) in [4.78, 5) is 6.84. The fourth-order valence-electron chi connectivity index (χ4n) is 3.50. The molecule has 1 atom stereocenters. The van der Waals surface area contributed by atoms with Gasteiger partial charge in [0, 0.05) is 24.5 Å². The predicted octanol–water partition coefficient (Wildman–Crippen LogP) is 3.69. The van der Waals surface area contributed by atoms with Gasteiger partial charge in [0.05, 0.1) is 19.4 Å². The van der Waals surface area contributed by atoms with Crippen molar-refractivity contribution in [2.24, 2.45) is 0 Å². The minimum Gasteiger partial charge on any atom is -0.377 e. The van der Waals surface area contributed by atoms with Crippen molar-refractivity contribution in [2.45, 2.75) is 18.9 Å². The molecule has 4 rings (SSSR count). The van der Waals surface area contributed by atoms with Crippen LogP contribution in [-0.4, -0.2) is 42.6 Å². The van der Waals surface area contributed by atoms with Crippen LogP contribution in [0.4, 0.5) is 11.4 Å². The Balaban J connectivity index is 1.60. The first-order valence-electron chi connectivity index (χ1n) is 8.84. The van der Waals surface area contributed by atoms with Crippen molar-refractivity contribution < 1.29 is 4.74 Å². The van der Waals surface area contributed by atoms with Gasteiger partial charge in [-0.3, -0.25) is 4.90 Å². The van der Waals surface area contributed by atoms with Gasteiger partial charge in [0.2, 0.25) is 0 Å². The molecule has 4 nitrogen and oxygen atoms in total. The molecule has 1 unspecified atom stereocenters. The second kappa shape index (κ2) is 7.52. The fraction of sp³-hybridized carbons (Fsp3) is 0.350. The van der Waals surface area contributed by atoms with Gasteiger partial charge in [-0.15, -0.1) is 0 Å². The van der Waals surface area contributed by atoms with Gasteiger partial charge < -0.3 is 14.5 Å². The Kier molecular flexibility index (Phi) is 4.97. The lowest BCUT2D eigenvalue weighted by Crippen LogP contribution is -2.59. The van der Waals surface area contributed by atoms with E-state index in [0.717, 1.165) is 49.4 Å². The Bertz CT molecular complexity index is 652. The fourth-order valence-corrected chi connectivity index (χ4v) is 3.83. The molecule has 2 aliphatic heterocycles. The van der Waals surface area contributed by atoms with Crippen LogP contribution >= 0.6 is 12.2 Å². The molecular formula is C20H23N3OS. The molecule has 2 aromatic rings. The monoisotopic (exact) mass is 353 g/mol.